The summed E-state index contributed by atoms with van der Waals surface area (Å²) >= 11 is 0. The number of fused-ring (bicyclic) bond motifs is 2. The molecule has 13 heteroatoms. The van der Waals surface area contributed by atoms with E-state index in [2.05, 4.69) is 5.10 Å². The minimum atomic E-state index is -0.864. The molecule has 0 bridgehead atoms. The highest BCUT2D eigenvalue weighted by molar-refractivity contribution is 6.02. The van der Waals surface area contributed by atoms with E-state index in [9.17, 15) is 19.7 Å². The number of amides is 2. The molecule has 0 aliphatic carbocycles. The van der Waals surface area contributed by atoms with E-state index < -0.39 is 34.6 Å². The molecule has 2 aliphatic heterocycles. The number of benzene rings is 3. The van der Waals surface area contributed by atoms with Crippen LogP contribution in [-0.4, -0.2) is 75.5 Å². The number of carbonyl (C=O) groups excluding carboxylic acids is 2. The van der Waals surface area contributed by atoms with Crippen molar-refractivity contribution in [3.63, 3.8) is 0 Å². The van der Waals surface area contributed by atoms with Crippen LogP contribution in [0.2, 0.25) is 0 Å². The number of anilines is 1. The van der Waals surface area contributed by atoms with Crippen LogP contribution in [0, 0.1) is 10.1 Å². The van der Waals surface area contributed by atoms with E-state index in [0.29, 0.717) is 39.2 Å². The van der Waals surface area contributed by atoms with Crippen molar-refractivity contribution in [3.8, 4) is 17.0 Å². The molecule has 6 rings (SSSR count). The van der Waals surface area contributed by atoms with E-state index in [0.717, 1.165) is 0 Å². The van der Waals surface area contributed by atoms with Gasteiger partial charge in [-0.1, -0.05) is 24.3 Å². The van der Waals surface area contributed by atoms with E-state index in [-0.39, 0.29) is 31.4 Å². The van der Waals surface area contributed by atoms with Crippen molar-refractivity contribution in [3.05, 3.63) is 82.4 Å². The maximum atomic E-state index is 14.3. The predicted molar refractivity (Wildman–Crippen MR) is 173 cm³/mol. The normalized spacial score (nSPS) is 19.4. The van der Waals surface area contributed by atoms with Crippen LogP contribution in [0.5, 0.6) is 5.75 Å². The second kappa shape index (κ2) is 12.0. The quantitative estimate of drug-likeness (QED) is 0.173. The summed E-state index contributed by atoms with van der Waals surface area (Å²) < 4.78 is 24.8. The highest BCUT2D eigenvalue weighted by Crippen LogP contribution is 2.37. The van der Waals surface area contributed by atoms with Crippen molar-refractivity contribution in [2.45, 2.75) is 64.8 Å². The van der Waals surface area contributed by atoms with Crippen molar-refractivity contribution in [2.75, 3.05) is 25.1 Å². The summed E-state index contributed by atoms with van der Waals surface area (Å²) in [6.07, 6.45) is -1.51. The van der Waals surface area contributed by atoms with Gasteiger partial charge in [-0.05, 0) is 70.5 Å². The van der Waals surface area contributed by atoms with Gasteiger partial charge in [-0.2, -0.15) is 9.78 Å². The zero-order valence-electron chi connectivity index (χ0n) is 27.1. The van der Waals surface area contributed by atoms with Gasteiger partial charge in [0.15, 0.2) is 5.79 Å². The van der Waals surface area contributed by atoms with E-state index in [1.807, 2.05) is 44.2 Å². The topological polar surface area (TPSA) is 138 Å². The number of non-ortho nitro benzene ring substituents is 1. The molecular weight excluding hydrogens is 606 g/mol. The Labute approximate surface area is 271 Å². The van der Waals surface area contributed by atoms with Gasteiger partial charge in [-0.25, -0.2) is 9.59 Å². The Morgan fingerprint density at radius 3 is 2.47 bits per heavy atom. The molecule has 4 aromatic rings. The molecule has 47 heavy (non-hydrogen) atoms. The van der Waals surface area contributed by atoms with Gasteiger partial charge in [0.25, 0.3) is 5.69 Å². The number of urea groups is 1. The first-order chi connectivity index (χ1) is 22.2. The lowest BCUT2D eigenvalue weighted by atomic mass is 10.1. The molecule has 2 aliphatic rings. The van der Waals surface area contributed by atoms with E-state index >= 15 is 0 Å². The lowest BCUT2D eigenvalue weighted by molar-refractivity contribution is -0.384. The lowest BCUT2D eigenvalue weighted by Crippen LogP contribution is -2.43. The maximum Gasteiger partial charge on any atom is 0.435 e. The van der Waals surface area contributed by atoms with Gasteiger partial charge in [0, 0.05) is 35.3 Å². The average Bonchev–Trinajstić information content (AvgIpc) is 3.50. The van der Waals surface area contributed by atoms with Crippen molar-refractivity contribution in [1.29, 1.82) is 0 Å². The average molecular weight is 644 g/mol. The Hall–Kier alpha value is -5.01. The first kappa shape index (κ1) is 32.0. The molecular formula is C34H37N5O8. The molecule has 2 saturated heterocycles. The number of nitro groups is 1. The van der Waals surface area contributed by atoms with Crippen LogP contribution in [0.1, 0.15) is 40.2 Å². The number of rotatable bonds is 6. The number of carbonyl (C=O) groups is 2. The molecule has 2 atom stereocenters. The van der Waals surface area contributed by atoms with Gasteiger partial charge in [-0.15, -0.1) is 0 Å². The Kier molecular flexibility index (Phi) is 8.14. The van der Waals surface area contributed by atoms with Gasteiger partial charge in [-0.3, -0.25) is 15.0 Å². The van der Waals surface area contributed by atoms with Gasteiger partial charge >= 0.3 is 12.1 Å². The monoisotopic (exact) mass is 643 g/mol. The summed E-state index contributed by atoms with van der Waals surface area (Å²) in [6, 6.07) is 18.6. The summed E-state index contributed by atoms with van der Waals surface area (Å²) in [5.74, 6) is -0.249. The van der Waals surface area contributed by atoms with Crippen molar-refractivity contribution >= 4 is 34.4 Å². The van der Waals surface area contributed by atoms with E-state index in [1.54, 1.807) is 61.9 Å². The fourth-order valence-corrected chi connectivity index (χ4v) is 5.98. The van der Waals surface area contributed by atoms with E-state index in [1.165, 1.54) is 16.8 Å². The SMILES string of the molecule is COc1cccc(-c2nn(C(=O)OC(C)(C)C)c3ccc(N4C[C@@H]5OC(C)(C)O[C@H]5CN(Cc5cccc([N+](=O)[O-])c5)C4=O)cc23)c1. The fourth-order valence-electron chi connectivity index (χ4n) is 5.98. The maximum absolute atomic E-state index is 14.3. The third-order valence-corrected chi connectivity index (χ3v) is 7.93. The first-order valence-electron chi connectivity index (χ1n) is 15.3. The van der Waals surface area contributed by atoms with Crippen molar-refractivity contribution < 1.29 is 33.5 Å². The summed E-state index contributed by atoms with van der Waals surface area (Å²) in [5.41, 5.74) is 2.06. The molecule has 246 valence electrons. The molecule has 0 N–H and O–H groups in total. The summed E-state index contributed by atoms with van der Waals surface area (Å²) in [6.45, 7) is 9.55. The zero-order chi connectivity index (χ0) is 33.7. The summed E-state index contributed by atoms with van der Waals surface area (Å²) in [7, 11) is 1.57. The molecule has 2 amide bonds. The number of nitro benzene ring substituents is 1. The number of hydrogen-bond acceptors (Lipinski definition) is 9. The smallest absolute Gasteiger partial charge is 0.435 e. The molecule has 0 unspecified atom stereocenters. The molecule has 13 nitrogen and oxygen atoms in total. The number of ether oxygens (including phenoxy) is 4. The van der Waals surface area contributed by atoms with Crippen LogP contribution in [0.3, 0.4) is 0 Å². The highest BCUT2D eigenvalue weighted by Gasteiger charge is 2.47. The lowest BCUT2D eigenvalue weighted by Gasteiger charge is -2.30. The largest absolute Gasteiger partial charge is 0.497 e. The molecule has 2 fully saturated rings. The Morgan fingerprint density at radius 2 is 1.77 bits per heavy atom. The third-order valence-electron chi connectivity index (χ3n) is 7.93. The van der Waals surface area contributed by atoms with Gasteiger partial charge < -0.3 is 23.8 Å². The number of aromatic nitrogens is 2. The number of hydrogen-bond donors (Lipinski definition) is 0. The molecule has 0 spiro atoms. The van der Waals surface area contributed by atoms with Crippen molar-refractivity contribution in [2.24, 2.45) is 0 Å². The minimum absolute atomic E-state index is 0.0568. The Bertz CT molecular complexity index is 1860. The Balaban J connectivity index is 1.44. The second-order valence-electron chi connectivity index (χ2n) is 13.1. The fraction of sp³-hybridized carbons (Fsp3) is 0.382. The molecule has 1 aromatic heterocycles. The van der Waals surface area contributed by atoms with Crippen LogP contribution in [0.4, 0.5) is 21.0 Å². The standard InChI is InChI=1S/C34H37N5O8/c1-33(2,3)47-32(41)38-27-14-13-23(17-26(27)30(35-38)22-10-8-12-25(16-22)44-6)37-20-29-28(45-34(4,5)46-29)19-36(31(37)40)18-21-9-7-11-24(15-21)39(42)43/h7-17,28-29H,18-20H2,1-6H3/t28-,29-/m0/s1. The molecule has 0 saturated carbocycles. The van der Waals surface area contributed by atoms with Gasteiger partial charge in [0.05, 0.1) is 30.6 Å². The Morgan fingerprint density at radius 1 is 1.04 bits per heavy atom. The highest BCUT2D eigenvalue weighted by atomic mass is 16.8. The second-order valence-corrected chi connectivity index (χ2v) is 13.1. The van der Waals surface area contributed by atoms with Crippen LogP contribution >= 0.6 is 0 Å². The van der Waals surface area contributed by atoms with Crippen LogP contribution in [-0.2, 0) is 20.8 Å². The van der Waals surface area contributed by atoms with Gasteiger partial charge in [0.1, 0.15) is 29.3 Å². The summed E-state index contributed by atoms with van der Waals surface area (Å²) in [4.78, 5) is 41.8. The van der Waals surface area contributed by atoms with Crippen molar-refractivity contribution in [1.82, 2.24) is 14.7 Å². The number of methoxy groups -OCH3 is 1. The van der Waals surface area contributed by atoms with Crippen LogP contribution < -0.4 is 9.64 Å². The van der Waals surface area contributed by atoms with Crippen LogP contribution in [0.25, 0.3) is 22.2 Å². The zero-order valence-corrected chi connectivity index (χ0v) is 27.1. The molecule has 3 heterocycles. The summed E-state index contributed by atoms with van der Waals surface area (Å²) in [5, 5.41) is 16.7. The van der Waals surface area contributed by atoms with Gasteiger partial charge in [0.2, 0.25) is 0 Å². The molecule has 3 aromatic carbocycles. The van der Waals surface area contributed by atoms with E-state index in [4.69, 9.17) is 18.9 Å². The molecule has 0 radical (unpaired) electrons. The third kappa shape index (κ3) is 6.62. The first-order valence-corrected chi connectivity index (χ1v) is 15.3. The number of nitrogens with zero attached hydrogens (tertiary/aromatic N) is 5. The van der Waals surface area contributed by atoms with Crippen LogP contribution in [0.15, 0.2) is 66.7 Å². The predicted octanol–water partition coefficient (Wildman–Crippen LogP) is 6.37. The minimum Gasteiger partial charge on any atom is -0.497 e.